The van der Waals surface area contributed by atoms with Crippen LogP contribution in [-0.2, 0) is 24.6 Å². The summed E-state index contributed by atoms with van der Waals surface area (Å²) in [5, 5.41) is 0. The second-order valence-electron chi connectivity index (χ2n) is 4.87. The monoisotopic (exact) mass is 296 g/mol. The minimum Gasteiger partial charge on any atom is -0.492 e. The van der Waals surface area contributed by atoms with Crippen LogP contribution in [0.25, 0.3) is 5.76 Å². The van der Waals surface area contributed by atoms with Gasteiger partial charge in [-0.15, -0.1) is 0 Å². The van der Waals surface area contributed by atoms with Crippen molar-refractivity contribution in [1.29, 1.82) is 0 Å². The third-order valence-corrected chi connectivity index (χ3v) is 3.73. The van der Waals surface area contributed by atoms with Crippen molar-refractivity contribution >= 4 is 11.7 Å². The van der Waals surface area contributed by atoms with E-state index in [-0.39, 0.29) is 0 Å². The molecule has 0 N–H and O–H groups in total. The maximum atomic E-state index is 12.2. The standard InChI is InChI=1S/C18H16O4/c1-20-15(13-9-5-3-6-10-13)16-18(21-2,17(19)22-16)14-11-7-4-8-12-14/h3-12H,1-2H3/b16-15+. The molecule has 0 aromatic heterocycles. The molecule has 0 aliphatic carbocycles. The number of ether oxygens (including phenoxy) is 3. The smallest absolute Gasteiger partial charge is 0.356 e. The number of carbonyl (C=O) groups excluding carboxylic acids is 1. The van der Waals surface area contributed by atoms with Crippen LogP contribution in [-0.4, -0.2) is 20.2 Å². The number of esters is 1. The molecule has 3 rings (SSSR count). The summed E-state index contributed by atoms with van der Waals surface area (Å²) in [7, 11) is 3.04. The summed E-state index contributed by atoms with van der Waals surface area (Å²) in [4.78, 5) is 12.2. The highest BCUT2D eigenvalue weighted by Gasteiger charge is 2.59. The number of benzene rings is 2. The van der Waals surface area contributed by atoms with E-state index in [0.29, 0.717) is 17.1 Å². The zero-order valence-electron chi connectivity index (χ0n) is 12.4. The summed E-state index contributed by atoms with van der Waals surface area (Å²) in [6.45, 7) is 0. The molecule has 0 bridgehead atoms. The van der Waals surface area contributed by atoms with Gasteiger partial charge in [-0.3, -0.25) is 0 Å². The topological polar surface area (TPSA) is 44.8 Å². The lowest BCUT2D eigenvalue weighted by Gasteiger charge is -2.40. The third kappa shape index (κ3) is 2.00. The van der Waals surface area contributed by atoms with E-state index in [1.165, 1.54) is 7.11 Å². The van der Waals surface area contributed by atoms with Crippen LogP contribution in [0.15, 0.2) is 66.4 Å². The highest BCUT2D eigenvalue weighted by atomic mass is 16.6. The van der Waals surface area contributed by atoms with Crippen molar-refractivity contribution in [2.45, 2.75) is 5.60 Å². The Morgan fingerprint density at radius 3 is 2.05 bits per heavy atom. The van der Waals surface area contributed by atoms with Crippen molar-refractivity contribution < 1.29 is 19.0 Å². The number of hydrogen-bond acceptors (Lipinski definition) is 4. The second-order valence-corrected chi connectivity index (χ2v) is 4.87. The van der Waals surface area contributed by atoms with E-state index in [4.69, 9.17) is 14.2 Å². The molecule has 0 saturated carbocycles. The van der Waals surface area contributed by atoms with Crippen LogP contribution < -0.4 is 0 Å². The molecule has 2 aromatic carbocycles. The van der Waals surface area contributed by atoms with Crippen LogP contribution >= 0.6 is 0 Å². The average Bonchev–Trinajstić information content (AvgIpc) is 2.57. The summed E-state index contributed by atoms with van der Waals surface area (Å²) in [5.74, 6) is 0.424. The van der Waals surface area contributed by atoms with Crippen LogP contribution in [0.3, 0.4) is 0 Å². The van der Waals surface area contributed by atoms with Gasteiger partial charge in [0.05, 0.1) is 7.11 Å². The van der Waals surface area contributed by atoms with Crippen LogP contribution in [0, 0.1) is 0 Å². The summed E-state index contributed by atoms with van der Waals surface area (Å²) < 4.78 is 16.4. The van der Waals surface area contributed by atoms with Crippen molar-refractivity contribution in [3.8, 4) is 0 Å². The fraction of sp³-hybridized carbons (Fsp3) is 0.167. The minimum absolute atomic E-state index is 0.375. The molecule has 1 fully saturated rings. The Morgan fingerprint density at radius 1 is 0.955 bits per heavy atom. The molecular weight excluding hydrogens is 280 g/mol. The molecule has 1 aliphatic heterocycles. The van der Waals surface area contributed by atoms with Crippen molar-refractivity contribution in [3.63, 3.8) is 0 Å². The van der Waals surface area contributed by atoms with Gasteiger partial charge in [0.15, 0.2) is 11.5 Å². The van der Waals surface area contributed by atoms with E-state index >= 15 is 0 Å². The van der Waals surface area contributed by atoms with E-state index in [1.54, 1.807) is 7.11 Å². The molecule has 4 nitrogen and oxygen atoms in total. The predicted molar refractivity (Wildman–Crippen MR) is 81.6 cm³/mol. The summed E-state index contributed by atoms with van der Waals surface area (Å²) in [6.07, 6.45) is 0. The number of cyclic esters (lactones) is 1. The predicted octanol–water partition coefficient (Wildman–Crippen LogP) is 3.10. The zero-order chi connectivity index (χ0) is 15.6. The Kier molecular flexibility index (Phi) is 3.69. The van der Waals surface area contributed by atoms with E-state index in [9.17, 15) is 4.79 Å². The number of hydrogen-bond donors (Lipinski definition) is 0. The molecule has 1 heterocycles. The Hall–Kier alpha value is -2.59. The molecule has 4 heteroatoms. The Bertz CT molecular complexity index is 706. The molecule has 0 radical (unpaired) electrons. The number of carbonyl (C=O) groups is 1. The fourth-order valence-corrected chi connectivity index (χ4v) is 2.64. The van der Waals surface area contributed by atoms with Crippen molar-refractivity contribution in [2.24, 2.45) is 0 Å². The van der Waals surface area contributed by atoms with Gasteiger partial charge in [-0.2, -0.15) is 0 Å². The Labute approximate surface area is 128 Å². The molecule has 1 atom stereocenters. The van der Waals surface area contributed by atoms with Gasteiger partial charge in [-0.05, 0) is 0 Å². The second kappa shape index (κ2) is 5.66. The fourth-order valence-electron chi connectivity index (χ4n) is 2.64. The van der Waals surface area contributed by atoms with E-state index < -0.39 is 11.6 Å². The van der Waals surface area contributed by atoms with E-state index in [0.717, 1.165) is 5.56 Å². The first-order valence-corrected chi connectivity index (χ1v) is 6.91. The van der Waals surface area contributed by atoms with Gasteiger partial charge in [0, 0.05) is 18.2 Å². The lowest BCUT2D eigenvalue weighted by atomic mass is 9.85. The van der Waals surface area contributed by atoms with Crippen molar-refractivity contribution in [2.75, 3.05) is 14.2 Å². The molecule has 0 amide bonds. The molecule has 2 aromatic rings. The summed E-state index contributed by atoms with van der Waals surface area (Å²) in [5.41, 5.74) is 0.293. The van der Waals surface area contributed by atoms with E-state index in [1.807, 2.05) is 60.7 Å². The summed E-state index contributed by atoms with van der Waals surface area (Å²) in [6, 6.07) is 18.8. The minimum atomic E-state index is -1.25. The highest BCUT2D eigenvalue weighted by molar-refractivity contribution is 5.95. The highest BCUT2D eigenvalue weighted by Crippen LogP contribution is 2.47. The van der Waals surface area contributed by atoms with Crippen LogP contribution in [0.5, 0.6) is 0 Å². The Balaban J connectivity index is 2.18. The first kappa shape index (κ1) is 14.4. The first-order valence-electron chi connectivity index (χ1n) is 6.91. The molecule has 1 unspecified atom stereocenters. The first-order chi connectivity index (χ1) is 10.7. The molecule has 0 spiro atoms. The van der Waals surface area contributed by atoms with E-state index in [2.05, 4.69) is 0 Å². The van der Waals surface area contributed by atoms with Gasteiger partial charge in [0.2, 0.25) is 0 Å². The van der Waals surface area contributed by atoms with Gasteiger partial charge < -0.3 is 14.2 Å². The average molecular weight is 296 g/mol. The lowest BCUT2D eigenvalue weighted by Crippen LogP contribution is -2.52. The van der Waals surface area contributed by atoms with Gasteiger partial charge in [-0.1, -0.05) is 60.7 Å². The van der Waals surface area contributed by atoms with Gasteiger partial charge in [0.25, 0.3) is 5.60 Å². The molecule has 1 saturated heterocycles. The number of methoxy groups -OCH3 is 2. The van der Waals surface area contributed by atoms with Crippen molar-refractivity contribution in [3.05, 3.63) is 77.5 Å². The Morgan fingerprint density at radius 2 is 1.55 bits per heavy atom. The zero-order valence-corrected chi connectivity index (χ0v) is 12.4. The molecule has 1 aliphatic rings. The van der Waals surface area contributed by atoms with Crippen LogP contribution in [0.2, 0.25) is 0 Å². The SMILES string of the molecule is CO/C(=C1/OC(=O)C1(OC)c1ccccc1)c1ccccc1. The van der Waals surface area contributed by atoms with Crippen LogP contribution in [0.4, 0.5) is 0 Å². The lowest BCUT2D eigenvalue weighted by molar-refractivity contribution is -0.191. The van der Waals surface area contributed by atoms with Gasteiger partial charge in [-0.25, -0.2) is 4.79 Å². The third-order valence-electron chi connectivity index (χ3n) is 3.73. The normalized spacial score (nSPS) is 22.5. The summed E-state index contributed by atoms with van der Waals surface area (Å²) >= 11 is 0. The maximum Gasteiger partial charge on any atom is 0.356 e. The largest absolute Gasteiger partial charge is 0.492 e. The van der Waals surface area contributed by atoms with Crippen LogP contribution in [0.1, 0.15) is 11.1 Å². The molecule has 22 heavy (non-hydrogen) atoms. The van der Waals surface area contributed by atoms with Crippen molar-refractivity contribution in [1.82, 2.24) is 0 Å². The molecular formula is C18H16O4. The van der Waals surface area contributed by atoms with Gasteiger partial charge in [0.1, 0.15) is 0 Å². The maximum absolute atomic E-state index is 12.2. The molecule has 112 valence electrons. The quantitative estimate of drug-likeness (QED) is 0.642. The number of rotatable bonds is 4. The van der Waals surface area contributed by atoms with Gasteiger partial charge >= 0.3 is 5.97 Å².